The second kappa shape index (κ2) is 5.11. The number of halogens is 2. The fourth-order valence-electron chi connectivity index (χ4n) is 2.33. The van der Waals surface area contributed by atoms with Crippen molar-refractivity contribution in [3.8, 4) is 11.4 Å². The number of anilines is 1. The molecule has 1 aromatic heterocycles. The summed E-state index contributed by atoms with van der Waals surface area (Å²) in [7, 11) is 0. The van der Waals surface area contributed by atoms with Crippen molar-refractivity contribution < 1.29 is 0 Å². The fraction of sp³-hybridized carbons (Fsp3) is 0.133. The van der Waals surface area contributed by atoms with Gasteiger partial charge in [0, 0.05) is 16.6 Å². The first kappa shape index (κ1) is 13.5. The van der Waals surface area contributed by atoms with Crippen molar-refractivity contribution >= 4 is 44.3 Å². The first-order valence-electron chi connectivity index (χ1n) is 6.31. The van der Waals surface area contributed by atoms with Gasteiger partial charge < -0.3 is 10.3 Å². The standard InChI is InChI=1S/C15H13BrClN3/c1-2-20-14-6-4-10(16)8-13(14)19-15(20)9-3-5-11(17)12(18)7-9/h3-8H,2,18H2,1H3. The molecule has 5 heteroatoms. The molecule has 3 aromatic rings. The zero-order valence-corrected chi connectivity index (χ0v) is 13.2. The predicted molar refractivity (Wildman–Crippen MR) is 88.0 cm³/mol. The first-order valence-corrected chi connectivity index (χ1v) is 7.48. The number of aromatic nitrogens is 2. The molecule has 2 aromatic carbocycles. The smallest absolute Gasteiger partial charge is 0.141 e. The molecule has 0 amide bonds. The van der Waals surface area contributed by atoms with E-state index in [1.165, 1.54) is 0 Å². The van der Waals surface area contributed by atoms with Crippen LogP contribution >= 0.6 is 27.5 Å². The number of hydrogen-bond donors (Lipinski definition) is 1. The van der Waals surface area contributed by atoms with Crippen molar-refractivity contribution in [3.05, 3.63) is 45.9 Å². The zero-order valence-electron chi connectivity index (χ0n) is 10.9. The van der Waals surface area contributed by atoms with Crippen LogP contribution in [0.3, 0.4) is 0 Å². The molecule has 102 valence electrons. The summed E-state index contributed by atoms with van der Waals surface area (Å²) in [4.78, 5) is 4.72. The summed E-state index contributed by atoms with van der Waals surface area (Å²) in [5.74, 6) is 0.906. The van der Waals surface area contributed by atoms with Crippen molar-refractivity contribution in [2.75, 3.05) is 5.73 Å². The van der Waals surface area contributed by atoms with Crippen LogP contribution in [0.4, 0.5) is 5.69 Å². The SMILES string of the molecule is CCn1c(-c2ccc(Cl)c(N)c2)nc2cc(Br)ccc21. The Balaban J connectivity index is 2.26. The normalized spacial score (nSPS) is 11.2. The van der Waals surface area contributed by atoms with Gasteiger partial charge in [-0.05, 0) is 43.3 Å². The summed E-state index contributed by atoms with van der Waals surface area (Å²) in [6.07, 6.45) is 0. The lowest BCUT2D eigenvalue weighted by Gasteiger charge is -2.07. The Morgan fingerprint density at radius 3 is 2.75 bits per heavy atom. The highest BCUT2D eigenvalue weighted by molar-refractivity contribution is 9.10. The van der Waals surface area contributed by atoms with Gasteiger partial charge in [-0.25, -0.2) is 4.98 Å². The van der Waals surface area contributed by atoms with Crippen molar-refractivity contribution in [1.29, 1.82) is 0 Å². The lowest BCUT2D eigenvalue weighted by Crippen LogP contribution is -1.98. The number of fused-ring (bicyclic) bond motifs is 1. The number of benzene rings is 2. The molecule has 0 saturated heterocycles. The minimum atomic E-state index is 0.565. The molecule has 2 N–H and O–H groups in total. The minimum absolute atomic E-state index is 0.565. The number of imidazole rings is 1. The summed E-state index contributed by atoms with van der Waals surface area (Å²) >= 11 is 9.46. The fourth-order valence-corrected chi connectivity index (χ4v) is 2.79. The number of nitrogens with zero attached hydrogens (tertiary/aromatic N) is 2. The summed E-state index contributed by atoms with van der Waals surface area (Å²) in [6.45, 7) is 2.95. The second-order valence-electron chi connectivity index (χ2n) is 4.55. The van der Waals surface area contributed by atoms with Gasteiger partial charge in [-0.3, -0.25) is 0 Å². The molecular formula is C15H13BrClN3. The van der Waals surface area contributed by atoms with Crippen LogP contribution in [-0.2, 0) is 6.54 Å². The quantitative estimate of drug-likeness (QED) is 0.680. The van der Waals surface area contributed by atoms with Gasteiger partial charge in [0.25, 0.3) is 0 Å². The van der Waals surface area contributed by atoms with E-state index in [9.17, 15) is 0 Å². The van der Waals surface area contributed by atoms with Gasteiger partial charge >= 0.3 is 0 Å². The maximum absolute atomic E-state index is 5.98. The van der Waals surface area contributed by atoms with Crippen molar-refractivity contribution in [1.82, 2.24) is 9.55 Å². The molecular weight excluding hydrogens is 338 g/mol. The minimum Gasteiger partial charge on any atom is -0.398 e. The van der Waals surface area contributed by atoms with E-state index in [0.717, 1.165) is 33.4 Å². The highest BCUT2D eigenvalue weighted by Gasteiger charge is 2.12. The lowest BCUT2D eigenvalue weighted by molar-refractivity contribution is 0.796. The topological polar surface area (TPSA) is 43.8 Å². The Labute approximate surface area is 130 Å². The van der Waals surface area contributed by atoms with Gasteiger partial charge in [0.2, 0.25) is 0 Å². The van der Waals surface area contributed by atoms with E-state index >= 15 is 0 Å². The molecule has 0 aliphatic carbocycles. The van der Waals surface area contributed by atoms with Gasteiger partial charge in [-0.15, -0.1) is 0 Å². The number of nitrogen functional groups attached to an aromatic ring is 1. The molecule has 0 bridgehead atoms. The maximum Gasteiger partial charge on any atom is 0.141 e. The third kappa shape index (κ3) is 2.19. The predicted octanol–water partition coefficient (Wildman–Crippen LogP) is 4.72. The number of aryl methyl sites for hydroxylation is 1. The van der Waals surface area contributed by atoms with Gasteiger partial charge in [0.1, 0.15) is 5.82 Å². The van der Waals surface area contributed by atoms with Crippen LogP contribution in [0.1, 0.15) is 6.92 Å². The van der Waals surface area contributed by atoms with Gasteiger partial charge in [0.15, 0.2) is 0 Å². The third-order valence-corrected chi connectivity index (χ3v) is 4.12. The Hall–Kier alpha value is -1.52. The third-order valence-electron chi connectivity index (χ3n) is 3.28. The van der Waals surface area contributed by atoms with Crippen molar-refractivity contribution in [2.45, 2.75) is 13.5 Å². The van der Waals surface area contributed by atoms with E-state index in [2.05, 4.69) is 33.5 Å². The van der Waals surface area contributed by atoms with Crippen LogP contribution < -0.4 is 5.73 Å². The summed E-state index contributed by atoms with van der Waals surface area (Å²) in [5, 5.41) is 0.565. The number of nitrogens with two attached hydrogens (primary N) is 1. The first-order chi connectivity index (χ1) is 9.60. The van der Waals surface area contributed by atoms with Gasteiger partial charge in [-0.2, -0.15) is 0 Å². The van der Waals surface area contributed by atoms with Gasteiger partial charge in [-0.1, -0.05) is 27.5 Å². The molecule has 0 unspecified atom stereocenters. The summed E-state index contributed by atoms with van der Waals surface area (Å²) < 4.78 is 3.19. The van der Waals surface area contributed by atoms with Crippen LogP contribution in [0.15, 0.2) is 40.9 Å². The molecule has 0 fully saturated rings. The molecule has 3 nitrogen and oxygen atoms in total. The monoisotopic (exact) mass is 349 g/mol. The molecule has 0 atom stereocenters. The van der Waals surface area contributed by atoms with Crippen LogP contribution in [0.2, 0.25) is 5.02 Å². The molecule has 1 heterocycles. The van der Waals surface area contributed by atoms with Crippen molar-refractivity contribution in [2.24, 2.45) is 0 Å². The second-order valence-corrected chi connectivity index (χ2v) is 5.87. The lowest BCUT2D eigenvalue weighted by atomic mass is 10.2. The van der Waals surface area contributed by atoms with E-state index < -0.39 is 0 Å². The largest absolute Gasteiger partial charge is 0.398 e. The summed E-state index contributed by atoms with van der Waals surface area (Å²) in [5.41, 5.74) is 9.51. The number of rotatable bonds is 2. The molecule has 0 spiro atoms. The van der Waals surface area contributed by atoms with E-state index in [1.807, 2.05) is 30.3 Å². The molecule has 20 heavy (non-hydrogen) atoms. The van der Waals surface area contributed by atoms with E-state index in [-0.39, 0.29) is 0 Å². The Bertz CT molecular complexity index is 795. The number of hydrogen-bond acceptors (Lipinski definition) is 2. The highest BCUT2D eigenvalue weighted by Crippen LogP contribution is 2.30. The van der Waals surface area contributed by atoms with E-state index in [1.54, 1.807) is 0 Å². The average molecular weight is 351 g/mol. The highest BCUT2D eigenvalue weighted by atomic mass is 79.9. The van der Waals surface area contributed by atoms with Crippen LogP contribution in [0, 0.1) is 0 Å². The van der Waals surface area contributed by atoms with Crippen LogP contribution in [0.25, 0.3) is 22.4 Å². The summed E-state index contributed by atoms with van der Waals surface area (Å²) in [6, 6.07) is 11.7. The molecule has 0 radical (unpaired) electrons. The zero-order chi connectivity index (χ0) is 14.3. The molecule has 3 rings (SSSR count). The van der Waals surface area contributed by atoms with Crippen LogP contribution in [-0.4, -0.2) is 9.55 Å². The van der Waals surface area contributed by atoms with Gasteiger partial charge in [0.05, 0.1) is 21.7 Å². The average Bonchev–Trinajstić information content (AvgIpc) is 2.79. The van der Waals surface area contributed by atoms with E-state index in [0.29, 0.717) is 10.7 Å². The Morgan fingerprint density at radius 1 is 1.25 bits per heavy atom. The van der Waals surface area contributed by atoms with Crippen molar-refractivity contribution in [3.63, 3.8) is 0 Å². The molecule has 0 saturated carbocycles. The Kier molecular flexibility index (Phi) is 3.44. The van der Waals surface area contributed by atoms with E-state index in [4.69, 9.17) is 22.3 Å². The molecule has 0 aliphatic rings. The molecule has 0 aliphatic heterocycles. The Morgan fingerprint density at radius 2 is 2.05 bits per heavy atom. The van der Waals surface area contributed by atoms with Crippen LogP contribution in [0.5, 0.6) is 0 Å². The maximum atomic E-state index is 5.98.